The zero-order valence-electron chi connectivity index (χ0n) is 11.8. The molecule has 1 aromatic carbocycles. The van der Waals surface area contributed by atoms with Gasteiger partial charge in [-0.25, -0.2) is 8.42 Å². The van der Waals surface area contributed by atoms with Crippen LogP contribution in [0.25, 0.3) is 0 Å². The van der Waals surface area contributed by atoms with E-state index in [9.17, 15) is 13.2 Å². The van der Waals surface area contributed by atoms with Crippen molar-refractivity contribution in [2.45, 2.75) is 17.7 Å². The Hall–Kier alpha value is -1.80. The number of methoxy groups -OCH3 is 1. The number of benzene rings is 1. The Balaban J connectivity index is 2.31. The van der Waals surface area contributed by atoms with Crippen LogP contribution >= 0.6 is 0 Å². The van der Waals surface area contributed by atoms with Gasteiger partial charge in [0.15, 0.2) is 0 Å². The number of carbonyl (C=O) groups is 1. The van der Waals surface area contributed by atoms with Crippen LogP contribution in [-0.2, 0) is 14.8 Å². The lowest BCUT2D eigenvalue weighted by Gasteiger charge is -2.30. The minimum absolute atomic E-state index is 0.0960. The van der Waals surface area contributed by atoms with Crippen LogP contribution in [-0.4, -0.2) is 38.8 Å². The molecule has 1 unspecified atom stereocenters. The monoisotopic (exact) mass is 313 g/mol. The standard InChI is InChI=1S/C13H19N3O4S/c1-20-12-7-10(4-5-11(12)14)21(18,19)16-6-2-3-9(8-16)13(15)17/h4-5,7,9H,2-3,6,8,14H2,1H3,(H2,15,17). The van der Waals surface area contributed by atoms with E-state index in [2.05, 4.69) is 0 Å². The average molecular weight is 313 g/mol. The first kappa shape index (κ1) is 15.6. The van der Waals surface area contributed by atoms with E-state index in [0.29, 0.717) is 30.8 Å². The van der Waals surface area contributed by atoms with Crippen molar-refractivity contribution in [3.05, 3.63) is 18.2 Å². The van der Waals surface area contributed by atoms with Gasteiger partial charge < -0.3 is 16.2 Å². The number of amides is 1. The Kier molecular flexibility index (Phi) is 4.38. The number of primary amides is 1. The number of anilines is 1. The van der Waals surface area contributed by atoms with Crippen molar-refractivity contribution in [3.8, 4) is 5.75 Å². The summed E-state index contributed by atoms with van der Waals surface area (Å²) in [5.74, 6) is -0.603. The van der Waals surface area contributed by atoms with Crippen LogP contribution in [0.3, 0.4) is 0 Å². The highest BCUT2D eigenvalue weighted by molar-refractivity contribution is 7.89. The summed E-state index contributed by atoms with van der Waals surface area (Å²) < 4.78 is 31.6. The van der Waals surface area contributed by atoms with E-state index < -0.39 is 21.8 Å². The molecule has 21 heavy (non-hydrogen) atoms. The summed E-state index contributed by atoms with van der Waals surface area (Å²) in [6.07, 6.45) is 1.23. The number of nitrogens with two attached hydrogens (primary N) is 2. The number of nitrogen functional groups attached to an aromatic ring is 1. The number of rotatable bonds is 4. The number of hydrogen-bond donors (Lipinski definition) is 2. The van der Waals surface area contributed by atoms with Gasteiger partial charge in [0.1, 0.15) is 5.75 Å². The summed E-state index contributed by atoms with van der Waals surface area (Å²) in [5.41, 5.74) is 11.3. The van der Waals surface area contributed by atoms with Gasteiger partial charge in [-0.2, -0.15) is 4.31 Å². The van der Waals surface area contributed by atoms with E-state index >= 15 is 0 Å². The Morgan fingerprint density at radius 3 is 2.76 bits per heavy atom. The molecule has 1 amide bonds. The second-order valence-electron chi connectivity index (χ2n) is 5.01. The minimum Gasteiger partial charge on any atom is -0.495 e. The highest BCUT2D eigenvalue weighted by Gasteiger charge is 2.32. The Morgan fingerprint density at radius 1 is 1.43 bits per heavy atom. The molecule has 7 nitrogen and oxygen atoms in total. The van der Waals surface area contributed by atoms with Gasteiger partial charge >= 0.3 is 0 Å². The van der Waals surface area contributed by atoms with Gasteiger partial charge in [0.2, 0.25) is 15.9 Å². The molecule has 1 heterocycles. The van der Waals surface area contributed by atoms with Gasteiger partial charge in [-0.3, -0.25) is 4.79 Å². The molecule has 116 valence electrons. The fourth-order valence-corrected chi connectivity index (χ4v) is 3.93. The third-order valence-corrected chi connectivity index (χ3v) is 5.49. The maximum absolute atomic E-state index is 12.6. The average Bonchev–Trinajstić information content (AvgIpc) is 2.47. The largest absolute Gasteiger partial charge is 0.495 e. The molecule has 4 N–H and O–H groups in total. The molecule has 0 saturated carbocycles. The third kappa shape index (κ3) is 3.11. The summed E-state index contributed by atoms with van der Waals surface area (Å²) in [4.78, 5) is 11.4. The lowest BCUT2D eigenvalue weighted by molar-refractivity contribution is -0.122. The molecule has 0 aliphatic carbocycles. The van der Waals surface area contributed by atoms with Crippen LogP contribution in [0.1, 0.15) is 12.8 Å². The van der Waals surface area contributed by atoms with Crippen molar-refractivity contribution >= 4 is 21.6 Å². The highest BCUT2D eigenvalue weighted by atomic mass is 32.2. The van der Waals surface area contributed by atoms with E-state index in [0.717, 1.165) is 0 Å². The van der Waals surface area contributed by atoms with E-state index in [4.69, 9.17) is 16.2 Å². The Labute approximate surface area is 123 Å². The zero-order valence-corrected chi connectivity index (χ0v) is 12.6. The maximum Gasteiger partial charge on any atom is 0.243 e. The second kappa shape index (κ2) is 5.90. The van der Waals surface area contributed by atoms with E-state index in [1.807, 2.05) is 0 Å². The number of piperidine rings is 1. The number of carbonyl (C=O) groups excluding carboxylic acids is 1. The zero-order chi connectivity index (χ0) is 15.6. The van der Waals surface area contributed by atoms with Crippen LogP contribution in [0.2, 0.25) is 0 Å². The molecule has 1 fully saturated rings. The van der Waals surface area contributed by atoms with Crippen LogP contribution in [0.5, 0.6) is 5.75 Å². The van der Waals surface area contributed by atoms with Gasteiger partial charge in [-0.1, -0.05) is 0 Å². The molecule has 1 aromatic rings. The number of ether oxygens (including phenoxy) is 1. The summed E-state index contributed by atoms with van der Waals surface area (Å²) in [5, 5.41) is 0. The van der Waals surface area contributed by atoms with Crippen molar-refractivity contribution in [2.75, 3.05) is 25.9 Å². The SMILES string of the molecule is COc1cc(S(=O)(=O)N2CCCC(C(N)=O)C2)ccc1N. The van der Waals surface area contributed by atoms with Crippen molar-refractivity contribution in [3.63, 3.8) is 0 Å². The second-order valence-corrected chi connectivity index (χ2v) is 6.95. The summed E-state index contributed by atoms with van der Waals surface area (Å²) in [6.45, 7) is 0.489. The molecule has 0 radical (unpaired) electrons. The number of sulfonamides is 1. The molecule has 0 aromatic heterocycles. The molecular formula is C13H19N3O4S. The van der Waals surface area contributed by atoms with Gasteiger partial charge in [0.05, 0.1) is 23.6 Å². The Morgan fingerprint density at radius 2 is 2.14 bits per heavy atom. The van der Waals surface area contributed by atoms with Crippen LogP contribution in [0.15, 0.2) is 23.1 Å². The quantitative estimate of drug-likeness (QED) is 0.768. The normalized spacial score (nSPS) is 20.1. The van der Waals surface area contributed by atoms with Crippen molar-refractivity contribution in [2.24, 2.45) is 11.7 Å². The first-order valence-corrected chi connectivity index (χ1v) is 8.03. The minimum atomic E-state index is -3.69. The number of nitrogens with zero attached hydrogens (tertiary/aromatic N) is 1. The van der Waals surface area contributed by atoms with Gasteiger partial charge in [0, 0.05) is 19.2 Å². The van der Waals surface area contributed by atoms with E-state index in [1.54, 1.807) is 0 Å². The fraction of sp³-hybridized carbons (Fsp3) is 0.462. The lowest BCUT2D eigenvalue weighted by Crippen LogP contribution is -2.44. The van der Waals surface area contributed by atoms with Gasteiger partial charge in [-0.05, 0) is 25.0 Å². The summed E-state index contributed by atoms with van der Waals surface area (Å²) in [6, 6.07) is 4.31. The molecule has 8 heteroatoms. The third-order valence-electron chi connectivity index (χ3n) is 3.63. The molecule has 0 bridgehead atoms. The molecule has 1 aliphatic heterocycles. The van der Waals surface area contributed by atoms with Crippen LogP contribution in [0, 0.1) is 5.92 Å². The highest BCUT2D eigenvalue weighted by Crippen LogP contribution is 2.28. The molecular weight excluding hydrogens is 294 g/mol. The van der Waals surface area contributed by atoms with Gasteiger partial charge in [-0.15, -0.1) is 0 Å². The first-order valence-electron chi connectivity index (χ1n) is 6.59. The molecule has 2 rings (SSSR count). The van der Waals surface area contributed by atoms with E-state index in [1.165, 1.54) is 29.6 Å². The maximum atomic E-state index is 12.6. The molecule has 1 saturated heterocycles. The molecule has 1 atom stereocenters. The summed E-state index contributed by atoms with van der Waals surface area (Å²) in [7, 11) is -2.27. The fourth-order valence-electron chi connectivity index (χ4n) is 2.39. The lowest BCUT2D eigenvalue weighted by atomic mass is 9.99. The predicted molar refractivity (Wildman–Crippen MR) is 78.1 cm³/mol. The molecule has 0 spiro atoms. The Bertz CT molecular complexity index is 645. The number of hydrogen-bond acceptors (Lipinski definition) is 5. The van der Waals surface area contributed by atoms with Crippen molar-refractivity contribution < 1.29 is 17.9 Å². The topological polar surface area (TPSA) is 116 Å². The molecule has 1 aliphatic rings. The smallest absolute Gasteiger partial charge is 0.243 e. The summed E-state index contributed by atoms with van der Waals surface area (Å²) >= 11 is 0. The van der Waals surface area contributed by atoms with Crippen molar-refractivity contribution in [1.82, 2.24) is 4.31 Å². The van der Waals surface area contributed by atoms with Crippen molar-refractivity contribution in [1.29, 1.82) is 0 Å². The van der Waals surface area contributed by atoms with E-state index in [-0.39, 0.29) is 11.4 Å². The predicted octanol–water partition coefficient (Wildman–Crippen LogP) is 0.163. The van der Waals surface area contributed by atoms with Gasteiger partial charge in [0.25, 0.3) is 0 Å². The first-order chi connectivity index (χ1) is 9.86. The van der Waals surface area contributed by atoms with Crippen LogP contribution in [0.4, 0.5) is 5.69 Å². The van der Waals surface area contributed by atoms with Crippen LogP contribution < -0.4 is 16.2 Å².